The van der Waals surface area contributed by atoms with Crippen LogP contribution in [0, 0.1) is 11.8 Å². The number of rotatable bonds is 7. The normalized spacial score (nSPS) is 18.1. The third kappa shape index (κ3) is 4.13. The summed E-state index contributed by atoms with van der Waals surface area (Å²) in [5, 5.41) is 3.63. The van der Waals surface area contributed by atoms with Gasteiger partial charge >= 0.3 is 0 Å². The third-order valence-corrected chi connectivity index (χ3v) is 4.24. The number of nitrogens with one attached hydrogen (secondary N) is 1. The van der Waals surface area contributed by atoms with Crippen LogP contribution in [0.4, 0.5) is 0 Å². The van der Waals surface area contributed by atoms with E-state index in [4.69, 9.17) is 0 Å². The minimum absolute atomic E-state index is 0.835. The van der Waals surface area contributed by atoms with Crippen LogP contribution in [-0.2, 0) is 6.42 Å². The molecule has 1 fully saturated rings. The highest BCUT2D eigenvalue weighted by Crippen LogP contribution is 2.32. The molecule has 0 heterocycles. The smallest absolute Gasteiger partial charge is 0.00147 e. The van der Waals surface area contributed by atoms with Gasteiger partial charge in [-0.15, -0.1) is 0 Å². The molecule has 18 heavy (non-hydrogen) atoms. The highest BCUT2D eigenvalue weighted by molar-refractivity contribution is 5.15. The van der Waals surface area contributed by atoms with Crippen LogP contribution in [0.3, 0.4) is 0 Å². The molecule has 1 aliphatic rings. The molecule has 0 amide bonds. The Kier molecular flexibility index (Phi) is 5.73. The maximum atomic E-state index is 3.63. The fraction of sp³-hybridized carbons (Fsp3) is 0.647. The molecule has 1 saturated carbocycles. The van der Waals surface area contributed by atoms with Crippen LogP contribution in [-0.4, -0.2) is 13.1 Å². The van der Waals surface area contributed by atoms with Crippen LogP contribution in [0.5, 0.6) is 0 Å². The van der Waals surface area contributed by atoms with Gasteiger partial charge in [-0.2, -0.15) is 0 Å². The van der Waals surface area contributed by atoms with Gasteiger partial charge in [-0.05, 0) is 43.3 Å². The van der Waals surface area contributed by atoms with Crippen molar-refractivity contribution in [3.05, 3.63) is 35.9 Å². The monoisotopic (exact) mass is 245 g/mol. The minimum atomic E-state index is 0.835. The molecule has 100 valence electrons. The molecule has 1 N–H and O–H groups in total. The lowest BCUT2D eigenvalue weighted by Gasteiger charge is -2.24. The first-order chi connectivity index (χ1) is 8.90. The predicted molar refractivity (Wildman–Crippen MR) is 78.8 cm³/mol. The lowest BCUT2D eigenvalue weighted by atomic mass is 9.85. The lowest BCUT2D eigenvalue weighted by molar-refractivity contribution is 0.321. The zero-order chi connectivity index (χ0) is 12.6. The second-order valence-electron chi connectivity index (χ2n) is 5.70. The number of hydrogen-bond acceptors (Lipinski definition) is 1. The summed E-state index contributed by atoms with van der Waals surface area (Å²) >= 11 is 0. The highest BCUT2D eigenvalue weighted by Gasteiger charge is 2.24. The Morgan fingerprint density at radius 2 is 1.89 bits per heavy atom. The first kappa shape index (κ1) is 13.6. The van der Waals surface area contributed by atoms with Gasteiger partial charge in [0.2, 0.25) is 0 Å². The molecule has 1 unspecified atom stereocenters. The average Bonchev–Trinajstić information content (AvgIpc) is 2.93. The molecular weight excluding hydrogens is 218 g/mol. The van der Waals surface area contributed by atoms with Gasteiger partial charge in [0, 0.05) is 0 Å². The van der Waals surface area contributed by atoms with E-state index in [0.29, 0.717) is 0 Å². The summed E-state index contributed by atoms with van der Waals surface area (Å²) in [5.74, 6) is 1.79. The van der Waals surface area contributed by atoms with Crippen molar-refractivity contribution in [2.75, 3.05) is 13.1 Å². The first-order valence-electron chi connectivity index (χ1n) is 7.64. The van der Waals surface area contributed by atoms with E-state index in [-0.39, 0.29) is 0 Å². The fourth-order valence-corrected chi connectivity index (χ4v) is 3.22. The largest absolute Gasteiger partial charge is 0.316 e. The van der Waals surface area contributed by atoms with E-state index < -0.39 is 0 Å². The first-order valence-corrected chi connectivity index (χ1v) is 7.64. The van der Waals surface area contributed by atoms with E-state index in [0.717, 1.165) is 18.4 Å². The second-order valence-corrected chi connectivity index (χ2v) is 5.70. The second kappa shape index (κ2) is 7.58. The van der Waals surface area contributed by atoms with E-state index in [2.05, 4.69) is 42.6 Å². The van der Waals surface area contributed by atoms with Crippen LogP contribution < -0.4 is 5.32 Å². The van der Waals surface area contributed by atoms with Gasteiger partial charge in [-0.25, -0.2) is 0 Å². The summed E-state index contributed by atoms with van der Waals surface area (Å²) in [6.07, 6.45) is 8.29. The Balaban J connectivity index is 1.90. The zero-order valence-corrected chi connectivity index (χ0v) is 11.7. The van der Waals surface area contributed by atoms with Gasteiger partial charge in [0.25, 0.3) is 0 Å². The maximum absolute atomic E-state index is 3.63. The fourth-order valence-electron chi connectivity index (χ4n) is 3.22. The standard InChI is InChI=1S/C17H27N/c1-2-12-18-14-17(16-10-6-7-11-16)13-15-8-4-3-5-9-15/h3-5,8-9,16-18H,2,6-7,10-14H2,1H3. The van der Waals surface area contributed by atoms with Gasteiger partial charge in [0.05, 0.1) is 0 Å². The van der Waals surface area contributed by atoms with Crippen molar-refractivity contribution >= 4 is 0 Å². The summed E-state index contributed by atoms with van der Waals surface area (Å²) in [7, 11) is 0. The van der Waals surface area contributed by atoms with Crippen molar-refractivity contribution in [1.82, 2.24) is 5.32 Å². The van der Waals surface area contributed by atoms with Gasteiger partial charge < -0.3 is 5.32 Å². The van der Waals surface area contributed by atoms with Crippen molar-refractivity contribution in [2.24, 2.45) is 11.8 Å². The molecule has 1 nitrogen and oxygen atoms in total. The summed E-state index contributed by atoms with van der Waals surface area (Å²) in [6, 6.07) is 11.0. The van der Waals surface area contributed by atoms with Crippen LogP contribution in [0.2, 0.25) is 0 Å². The Hall–Kier alpha value is -0.820. The molecule has 0 radical (unpaired) electrons. The maximum Gasteiger partial charge on any atom is -0.00147 e. The molecular formula is C17H27N. The summed E-state index contributed by atoms with van der Waals surface area (Å²) in [6.45, 7) is 4.61. The van der Waals surface area contributed by atoms with E-state index in [1.165, 1.54) is 50.6 Å². The minimum Gasteiger partial charge on any atom is -0.316 e. The Morgan fingerprint density at radius 3 is 2.56 bits per heavy atom. The molecule has 1 aromatic carbocycles. The van der Waals surface area contributed by atoms with Gasteiger partial charge in [-0.1, -0.05) is 62.9 Å². The SMILES string of the molecule is CCCNCC(Cc1ccccc1)C1CCCC1. The Bertz CT molecular complexity index is 314. The summed E-state index contributed by atoms with van der Waals surface area (Å²) < 4.78 is 0. The van der Waals surface area contributed by atoms with E-state index in [1.54, 1.807) is 0 Å². The van der Waals surface area contributed by atoms with E-state index >= 15 is 0 Å². The molecule has 1 aliphatic carbocycles. The van der Waals surface area contributed by atoms with Gasteiger partial charge in [0.15, 0.2) is 0 Å². The molecule has 1 aromatic rings. The van der Waals surface area contributed by atoms with Crippen molar-refractivity contribution < 1.29 is 0 Å². The molecule has 2 rings (SSSR count). The Labute approximate surface area is 112 Å². The van der Waals surface area contributed by atoms with Crippen LogP contribution in [0.1, 0.15) is 44.6 Å². The van der Waals surface area contributed by atoms with Crippen LogP contribution >= 0.6 is 0 Å². The zero-order valence-electron chi connectivity index (χ0n) is 11.7. The van der Waals surface area contributed by atoms with E-state index in [1.807, 2.05) is 0 Å². The van der Waals surface area contributed by atoms with Crippen molar-refractivity contribution in [2.45, 2.75) is 45.4 Å². The van der Waals surface area contributed by atoms with Gasteiger partial charge in [-0.3, -0.25) is 0 Å². The third-order valence-electron chi connectivity index (χ3n) is 4.24. The van der Waals surface area contributed by atoms with Crippen molar-refractivity contribution in [1.29, 1.82) is 0 Å². The van der Waals surface area contributed by atoms with Crippen LogP contribution in [0.15, 0.2) is 30.3 Å². The summed E-state index contributed by atoms with van der Waals surface area (Å²) in [4.78, 5) is 0. The molecule has 0 spiro atoms. The molecule has 0 bridgehead atoms. The topological polar surface area (TPSA) is 12.0 Å². The van der Waals surface area contributed by atoms with Gasteiger partial charge in [0.1, 0.15) is 0 Å². The molecule has 1 heteroatoms. The molecule has 0 aliphatic heterocycles. The van der Waals surface area contributed by atoms with Crippen molar-refractivity contribution in [3.8, 4) is 0 Å². The quantitative estimate of drug-likeness (QED) is 0.715. The molecule has 0 saturated heterocycles. The predicted octanol–water partition coefficient (Wildman–Crippen LogP) is 4.04. The number of hydrogen-bond donors (Lipinski definition) is 1. The van der Waals surface area contributed by atoms with E-state index in [9.17, 15) is 0 Å². The number of benzene rings is 1. The van der Waals surface area contributed by atoms with Crippen LogP contribution in [0.25, 0.3) is 0 Å². The highest BCUT2D eigenvalue weighted by atomic mass is 14.9. The van der Waals surface area contributed by atoms with Crippen molar-refractivity contribution in [3.63, 3.8) is 0 Å². The molecule has 0 aromatic heterocycles. The average molecular weight is 245 g/mol. The Morgan fingerprint density at radius 1 is 1.17 bits per heavy atom. The summed E-state index contributed by atoms with van der Waals surface area (Å²) in [5.41, 5.74) is 1.51. The lowest BCUT2D eigenvalue weighted by Crippen LogP contribution is -2.29. The molecule has 1 atom stereocenters.